The molecule has 0 aliphatic rings. The van der Waals surface area contributed by atoms with Crippen molar-refractivity contribution >= 4 is 31.6 Å². The van der Waals surface area contributed by atoms with E-state index in [2.05, 4.69) is 0 Å². The number of carbonyl (C=O) groups excluding carboxylic acids is 1. The number of ether oxygens (including phenoxy) is 1. The topological polar surface area (TPSA) is 132 Å². The Morgan fingerprint density at radius 3 is 1.21 bits per heavy atom. The monoisotopic (exact) mass is 856 g/mol. The van der Waals surface area contributed by atoms with Gasteiger partial charge in [-0.05, 0) is 106 Å². The van der Waals surface area contributed by atoms with E-state index in [1.165, 1.54) is 82.3 Å². The number of aliphatic carboxylic acids is 1. The van der Waals surface area contributed by atoms with Gasteiger partial charge in [0.2, 0.25) is 0 Å². The van der Waals surface area contributed by atoms with Gasteiger partial charge in [-0.25, -0.2) is 16.8 Å². The molecule has 4 aromatic carbocycles. The lowest BCUT2D eigenvalue weighted by Gasteiger charge is -2.19. The van der Waals surface area contributed by atoms with Gasteiger partial charge < -0.3 is 9.84 Å². The summed E-state index contributed by atoms with van der Waals surface area (Å²) in [5, 5.41) is 7.84. The van der Waals surface area contributed by atoms with E-state index in [1.807, 2.05) is 0 Å². The Hall–Kier alpha value is -4.70. The smallest absolute Gasteiger partial charge is 0.416 e. The first-order valence-electron chi connectivity index (χ1n) is 18.3. The Balaban J connectivity index is 0.000000311. The number of halogens is 6. The predicted octanol–water partition coefficient (Wildman–Crippen LogP) is 10.7. The van der Waals surface area contributed by atoms with Gasteiger partial charge in [0.15, 0.2) is 19.7 Å². The van der Waals surface area contributed by atoms with Crippen molar-refractivity contribution in [2.75, 3.05) is 6.61 Å². The number of rotatable bonds is 13. The van der Waals surface area contributed by atoms with E-state index < -0.39 is 77.4 Å². The fourth-order valence-electron chi connectivity index (χ4n) is 5.98. The van der Waals surface area contributed by atoms with Crippen LogP contribution in [0, 0.1) is 0 Å². The lowest BCUT2D eigenvalue weighted by Crippen LogP contribution is -2.18. The van der Waals surface area contributed by atoms with E-state index in [9.17, 15) is 57.9 Å². The Morgan fingerprint density at radius 2 is 0.931 bits per heavy atom. The molecule has 58 heavy (non-hydrogen) atoms. The second-order valence-corrected chi connectivity index (χ2v) is 18.8. The molecule has 0 aliphatic heterocycles. The molecule has 4 aromatic rings. The number of hydrogen-bond acceptors (Lipinski definition) is 7. The van der Waals surface area contributed by atoms with Gasteiger partial charge in [0.05, 0.1) is 49.9 Å². The van der Waals surface area contributed by atoms with Crippen LogP contribution < -0.4 is 0 Å². The highest BCUT2D eigenvalue weighted by Gasteiger charge is 2.33. The number of carboxylic acid groups (broad SMARTS) is 1. The Bertz CT molecular complexity index is 2280. The third-order valence-electron chi connectivity index (χ3n) is 9.40. The van der Waals surface area contributed by atoms with E-state index >= 15 is 0 Å². The Kier molecular flexibility index (Phi) is 15.5. The molecule has 316 valence electrons. The van der Waals surface area contributed by atoms with Gasteiger partial charge in [0.1, 0.15) is 0 Å². The molecule has 0 saturated carbocycles. The number of carboxylic acids is 1. The van der Waals surface area contributed by atoms with Gasteiger partial charge in [-0.2, -0.15) is 26.3 Å². The van der Waals surface area contributed by atoms with Crippen LogP contribution in [0.3, 0.4) is 0 Å². The van der Waals surface area contributed by atoms with Crippen molar-refractivity contribution in [3.05, 3.63) is 107 Å². The van der Waals surface area contributed by atoms with Gasteiger partial charge in [0.25, 0.3) is 0 Å². The fraction of sp³-hybridized carbons (Fsp3) is 0.381. The maximum Gasteiger partial charge on any atom is 0.416 e. The summed E-state index contributed by atoms with van der Waals surface area (Å²) in [5.41, 5.74) is 0.365. The van der Waals surface area contributed by atoms with E-state index in [0.717, 1.165) is 24.3 Å². The maximum atomic E-state index is 13.0. The van der Waals surface area contributed by atoms with Crippen LogP contribution in [0.25, 0.3) is 22.3 Å². The summed E-state index contributed by atoms with van der Waals surface area (Å²) < 4.78 is 134. The van der Waals surface area contributed by atoms with Crippen molar-refractivity contribution < 1.29 is 62.6 Å². The zero-order valence-corrected chi connectivity index (χ0v) is 34.5. The van der Waals surface area contributed by atoms with Crippen LogP contribution in [0.5, 0.6) is 0 Å². The molecule has 8 nitrogen and oxygen atoms in total. The van der Waals surface area contributed by atoms with Crippen molar-refractivity contribution in [2.45, 2.75) is 106 Å². The van der Waals surface area contributed by atoms with Crippen LogP contribution in [0.4, 0.5) is 26.3 Å². The summed E-state index contributed by atoms with van der Waals surface area (Å²) >= 11 is 0. The molecule has 4 rings (SSSR count). The summed E-state index contributed by atoms with van der Waals surface area (Å²) in [6.45, 7) is 11.4. The minimum absolute atomic E-state index is 0.0162. The zero-order chi connectivity index (χ0) is 44.0. The van der Waals surface area contributed by atoms with E-state index in [4.69, 9.17) is 4.74 Å². The van der Waals surface area contributed by atoms with Crippen LogP contribution in [0.15, 0.2) is 94.7 Å². The third kappa shape index (κ3) is 11.1. The molecule has 2 atom stereocenters. The SMILES string of the molecule is CCC(C(=O)O)c1ccc(-c2ccc(C(F)(F)F)cc2)c(S(=O)(=O)C(C)C)c1.CCOC(=O)C(CC)c1ccc(-c2ccc(C(F)(F)F)cc2)c(S(=O)(=O)C(C)C)c1. The Labute approximate surface area is 335 Å². The van der Waals surface area contributed by atoms with Crippen LogP contribution >= 0.6 is 0 Å². The molecule has 0 amide bonds. The second kappa shape index (κ2) is 18.9. The quantitative estimate of drug-likeness (QED) is 0.104. The molecular formula is C42H46F6O8S2. The Morgan fingerprint density at radius 1 is 0.586 bits per heavy atom. The van der Waals surface area contributed by atoms with Crippen molar-refractivity contribution in [3.8, 4) is 22.3 Å². The van der Waals surface area contributed by atoms with Crippen LogP contribution in [-0.2, 0) is 46.4 Å². The molecule has 0 spiro atoms. The van der Waals surface area contributed by atoms with E-state index in [1.54, 1.807) is 26.8 Å². The van der Waals surface area contributed by atoms with Crippen molar-refractivity contribution in [3.63, 3.8) is 0 Å². The minimum Gasteiger partial charge on any atom is -0.481 e. The molecule has 0 radical (unpaired) electrons. The number of benzene rings is 4. The largest absolute Gasteiger partial charge is 0.481 e. The molecule has 0 aromatic heterocycles. The number of esters is 1. The number of carbonyl (C=O) groups is 2. The molecule has 0 heterocycles. The van der Waals surface area contributed by atoms with E-state index in [-0.39, 0.29) is 28.4 Å². The summed E-state index contributed by atoms with van der Waals surface area (Å²) in [5.74, 6) is -3.02. The number of hydrogen-bond donors (Lipinski definition) is 1. The highest BCUT2D eigenvalue weighted by Crippen LogP contribution is 2.38. The average molecular weight is 857 g/mol. The molecule has 0 aliphatic carbocycles. The first-order valence-corrected chi connectivity index (χ1v) is 21.4. The van der Waals surface area contributed by atoms with Gasteiger partial charge in [-0.15, -0.1) is 0 Å². The van der Waals surface area contributed by atoms with E-state index in [0.29, 0.717) is 34.2 Å². The van der Waals surface area contributed by atoms with Gasteiger partial charge in [-0.3, -0.25) is 9.59 Å². The average Bonchev–Trinajstić information content (AvgIpc) is 3.15. The molecule has 16 heteroatoms. The molecule has 0 fully saturated rings. The fourth-order valence-corrected chi connectivity index (χ4v) is 8.58. The highest BCUT2D eigenvalue weighted by molar-refractivity contribution is 7.92. The molecular weight excluding hydrogens is 811 g/mol. The third-order valence-corrected chi connectivity index (χ3v) is 13.8. The summed E-state index contributed by atoms with van der Waals surface area (Å²) in [7, 11) is -7.57. The van der Waals surface area contributed by atoms with Crippen LogP contribution in [0.2, 0.25) is 0 Å². The zero-order valence-electron chi connectivity index (χ0n) is 32.9. The molecule has 2 unspecified atom stereocenters. The van der Waals surface area contributed by atoms with Gasteiger partial charge in [-0.1, -0.05) is 62.4 Å². The second-order valence-electron chi connectivity index (χ2n) is 13.9. The maximum absolute atomic E-state index is 13.0. The normalized spacial score (nSPS) is 13.4. The molecule has 0 saturated heterocycles. The number of alkyl halides is 6. The first kappa shape index (κ1) is 47.7. The number of sulfone groups is 2. The standard InChI is InChI=1S/C22H25F3O4S.C20H21F3O4S/c1-5-18(21(26)29-6-2)16-9-12-19(20(13-16)30(27,28)14(3)4)15-7-10-17(11-8-15)22(23,24)25;1-4-16(19(24)25)14-7-10-17(18(11-14)28(26,27)12(2)3)13-5-8-15(9-6-13)20(21,22)23/h7-14,18H,5-6H2,1-4H3;5-12,16H,4H2,1-3H3,(H,24,25). The lowest BCUT2D eigenvalue weighted by atomic mass is 9.94. The summed E-state index contributed by atoms with van der Waals surface area (Å²) in [6.07, 6.45) is -8.29. The molecule has 1 N–H and O–H groups in total. The highest BCUT2D eigenvalue weighted by atomic mass is 32.2. The van der Waals surface area contributed by atoms with Gasteiger partial charge in [0, 0.05) is 11.1 Å². The predicted molar refractivity (Wildman–Crippen MR) is 209 cm³/mol. The van der Waals surface area contributed by atoms with Crippen molar-refractivity contribution in [1.29, 1.82) is 0 Å². The minimum atomic E-state index is -4.49. The first-order chi connectivity index (χ1) is 26.8. The summed E-state index contributed by atoms with van der Waals surface area (Å²) in [6, 6.07) is 17.4. The van der Waals surface area contributed by atoms with Crippen LogP contribution in [-0.4, -0.2) is 51.0 Å². The van der Waals surface area contributed by atoms with Gasteiger partial charge >= 0.3 is 24.3 Å². The van der Waals surface area contributed by atoms with Crippen LogP contribution in [0.1, 0.15) is 95.4 Å². The summed E-state index contributed by atoms with van der Waals surface area (Å²) in [4.78, 5) is 23.6. The van der Waals surface area contributed by atoms with Crippen molar-refractivity contribution in [2.24, 2.45) is 0 Å². The molecule has 0 bridgehead atoms. The lowest BCUT2D eigenvalue weighted by molar-refractivity contribution is -0.145. The van der Waals surface area contributed by atoms with Crippen molar-refractivity contribution in [1.82, 2.24) is 0 Å².